The molecule has 0 bridgehead atoms. The number of ether oxygens (including phenoxy) is 1. The summed E-state index contributed by atoms with van der Waals surface area (Å²) in [7, 11) is 0. The van der Waals surface area contributed by atoms with Crippen LogP contribution in [0.3, 0.4) is 0 Å². The Balaban J connectivity index is 2.74. The second-order valence-corrected chi connectivity index (χ2v) is 5.12. The van der Waals surface area contributed by atoms with Crippen molar-refractivity contribution in [1.29, 1.82) is 0 Å². The molecule has 1 aliphatic rings. The monoisotopic (exact) mass is 224 g/mol. The first-order valence-electron chi connectivity index (χ1n) is 5.75. The van der Waals surface area contributed by atoms with E-state index < -0.39 is 5.41 Å². The smallest absolute Gasteiger partial charge is 0.315 e. The van der Waals surface area contributed by atoms with Crippen molar-refractivity contribution in [2.45, 2.75) is 40.5 Å². The van der Waals surface area contributed by atoms with E-state index in [1.54, 1.807) is 6.08 Å². The van der Waals surface area contributed by atoms with Crippen molar-refractivity contribution in [2.24, 2.45) is 11.3 Å². The molecule has 16 heavy (non-hydrogen) atoms. The maximum absolute atomic E-state index is 12.0. The van der Waals surface area contributed by atoms with Gasteiger partial charge in [-0.05, 0) is 32.3 Å². The topological polar surface area (TPSA) is 43.4 Å². The highest BCUT2D eigenvalue weighted by molar-refractivity contribution is 5.94. The largest absolute Gasteiger partial charge is 0.465 e. The van der Waals surface area contributed by atoms with E-state index in [2.05, 4.69) is 0 Å². The Morgan fingerprint density at radius 2 is 2.19 bits per heavy atom. The molecule has 0 amide bonds. The lowest BCUT2D eigenvalue weighted by molar-refractivity contribution is -0.154. The van der Waals surface area contributed by atoms with Gasteiger partial charge in [-0.15, -0.1) is 0 Å². The van der Waals surface area contributed by atoms with Crippen molar-refractivity contribution < 1.29 is 14.3 Å². The SMILES string of the molecule is CC1=CC(=O)CCC1(C)C(=O)OCC(C)C. The number of carbonyl (C=O) groups excluding carboxylic acids is 2. The minimum atomic E-state index is -0.608. The van der Waals surface area contributed by atoms with Gasteiger partial charge in [0.15, 0.2) is 5.78 Å². The number of hydrogen-bond donors (Lipinski definition) is 0. The third-order valence-corrected chi connectivity index (χ3v) is 3.12. The van der Waals surface area contributed by atoms with E-state index in [4.69, 9.17) is 4.74 Å². The standard InChI is InChI=1S/C13H20O3/c1-9(2)8-16-12(15)13(4)6-5-11(14)7-10(13)3/h7,9H,5-6,8H2,1-4H3. The van der Waals surface area contributed by atoms with E-state index in [0.29, 0.717) is 25.4 Å². The minimum Gasteiger partial charge on any atom is -0.465 e. The molecule has 90 valence electrons. The molecule has 1 aliphatic carbocycles. The van der Waals surface area contributed by atoms with Crippen molar-refractivity contribution in [3.63, 3.8) is 0 Å². The van der Waals surface area contributed by atoms with Gasteiger partial charge in [-0.25, -0.2) is 0 Å². The molecule has 3 nitrogen and oxygen atoms in total. The fourth-order valence-corrected chi connectivity index (χ4v) is 1.71. The minimum absolute atomic E-state index is 0.103. The number of allylic oxidation sites excluding steroid dienone is 1. The van der Waals surface area contributed by atoms with Gasteiger partial charge < -0.3 is 4.74 Å². The normalized spacial score (nSPS) is 25.6. The average Bonchev–Trinajstić information content (AvgIpc) is 2.20. The summed E-state index contributed by atoms with van der Waals surface area (Å²) >= 11 is 0. The number of rotatable bonds is 3. The van der Waals surface area contributed by atoms with Crippen LogP contribution in [0.15, 0.2) is 11.6 Å². The van der Waals surface area contributed by atoms with E-state index >= 15 is 0 Å². The van der Waals surface area contributed by atoms with Crippen LogP contribution in [-0.2, 0) is 14.3 Å². The molecule has 0 heterocycles. The zero-order valence-electron chi connectivity index (χ0n) is 10.5. The van der Waals surface area contributed by atoms with Gasteiger partial charge in [0.25, 0.3) is 0 Å². The highest BCUT2D eigenvalue weighted by Crippen LogP contribution is 2.37. The summed E-state index contributed by atoms with van der Waals surface area (Å²) < 4.78 is 5.26. The maximum Gasteiger partial charge on any atom is 0.315 e. The molecule has 3 heteroatoms. The van der Waals surface area contributed by atoms with Gasteiger partial charge >= 0.3 is 5.97 Å². The van der Waals surface area contributed by atoms with Crippen molar-refractivity contribution in [3.8, 4) is 0 Å². The molecule has 1 rings (SSSR count). The second kappa shape index (κ2) is 4.81. The van der Waals surface area contributed by atoms with E-state index in [1.165, 1.54) is 0 Å². The number of esters is 1. The summed E-state index contributed by atoms with van der Waals surface area (Å²) in [6.45, 7) is 8.13. The molecule has 1 unspecified atom stereocenters. The highest BCUT2D eigenvalue weighted by atomic mass is 16.5. The molecule has 0 aromatic heterocycles. The molecule has 0 radical (unpaired) electrons. The number of ketones is 1. The summed E-state index contributed by atoms with van der Waals surface area (Å²) in [6, 6.07) is 0. The van der Waals surface area contributed by atoms with Gasteiger partial charge in [0, 0.05) is 6.42 Å². The first kappa shape index (κ1) is 12.9. The Morgan fingerprint density at radius 3 is 2.69 bits per heavy atom. The maximum atomic E-state index is 12.0. The fourth-order valence-electron chi connectivity index (χ4n) is 1.71. The Kier molecular flexibility index (Phi) is 3.89. The second-order valence-electron chi connectivity index (χ2n) is 5.12. The Labute approximate surface area is 96.9 Å². The Hall–Kier alpha value is -1.12. The first-order chi connectivity index (χ1) is 7.36. The molecule has 0 fully saturated rings. The molecule has 0 saturated carbocycles. The van der Waals surface area contributed by atoms with Crippen LogP contribution < -0.4 is 0 Å². The highest BCUT2D eigenvalue weighted by Gasteiger charge is 2.39. The van der Waals surface area contributed by atoms with Crippen LogP contribution >= 0.6 is 0 Å². The van der Waals surface area contributed by atoms with Crippen molar-refractivity contribution in [2.75, 3.05) is 6.61 Å². The molecular formula is C13H20O3. The first-order valence-corrected chi connectivity index (χ1v) is 5.75. The molecule has 0 aliphatic heterocycles. The van der Waals surface area contributed by atoms with Crippen LogP contribution in [0.1, 0.15) is 40.5 Å². The molecule has 1 atom stereocenters. The molecule has 0 N–H and O–H groups in total. The molecule has 0 aromatic carbocycles. The van der Waals surface area contributed by atoms with Gasteiger partial charge in [-0.2, -0.15) is 0 Å². The lowest BCUT2D eigenvalue weighted by Crippen LogP contribution is -2.35. The third-order valence-electron chi connectivity index (χ3n) is 3.12. The molecule has 0 aromatic rings. The fraction of sp³-hybridized carbons (Fsp3) is 0.692. The number of carbonyl (C=O) groups is 2. The van der Waals surface area contributed by atoms with Crippen molar-refractivity contribution in [3.05, 3.63) is 11.6 Å². The molecule has 0 spiro atoms. The van der Waals surface area contributed by atoms with Crippen LogP contribution in [0.2, 0.25) is 0 Å². The van der Waals surface area contributed by atoms with Gasteiger partial charge in [0.2, 0.25) is 0 Å². The average molecular weight is 224 g/mol. The van der Waals surface area contributed by atoms with Crippen molar-refractivity contribution >= 4 is 11.8 Å². The Morgan fingerprint density at radius 1 is 1.56 bits per heavy atom. The van der Waals surface area contributed by atoms with Crippen LogP contribution in [0, 0.1) is 11.3 Å². The van der Waals surface area contributed by atoms with Crippen LogP contribution in [0.5, 0.6) is 0 Å². The van der Waals surface area contributed by atoms with E-state index in [1.807, 2.05) is 27.7 Å². The summed E-state index contributed by atoms with van der Waals surface area (Å²) in [5.74, 6) is 0.233. The summed E-state index contributed by atoms with van der Waals surface area (Å²) in [5.41, 5.74) is 0.209. The predicted molar refractivity (Wildman–Crippen MR) is 61.9 cm³/mol. The van der Waals surface area contributed by atoms with Crippen LogP contribution in [-0.4, -0.2) is 18.4 Å². The molecule has 0 saturated heterocycles. The summed E-state index contributed by atoms with van der Waals surface area (Å²) in [6.07, 6.45) is 2.57. The van der Waals surface area contributed by atoms with E-state index in [-0.39, 0.29) is 11.8 Å². The predicted octanol–water partition coefficient (Wildman–Crippen LogP) is 2.50. The quantitative estimate of drug-likeness (QED) is 0.692. The zero-order valence-corrected chi connectivity index (χ0v) is 10.5. The number of hydrogen-bond acceptors (Lipinski definition) is 3. The van der Waals surface area contributed by atoms with Gasteiger partial charge in [0.05, 0.1) is 12.0 Å². The Bertz CT molecular complexity index is 328. The van der Waals surface area contributed by atoms with Gasteiger partial charge in [0.1, 0.15) is 0 Å². The van der Waals surface area contributed by atoms with Crippen LogP contribution in [0.4, 0.5) is 0 Å². The van der Waals surface area contributed by atoms with Gasteiger partial charge in [-0.3, -0.25) is 9.59 Å². The summed E-state index contributed by atoms with van der Waals surface area (Å²) in [4.78, 5) is 23.2. The lowest BCUT2D eigenvalue weighted by Gasteiger charge is -2.31. The van der Waals surface area contributed by atoms with Gasteiger partial charge in [-0.1, -0.05) is 19.4 Å². The zero-order chi connectivity index (χ0) is 12.3. The van der Waals surface area contributed by atoms with Crippen molar-refractivity contribution in [1.82, 2.24) is 0 Å². The van der Waals surface area contributed by atoms with Crippen LogP contribution in [0.25, 0.3) is 0 Å². The summed E-state index contributed by atoms with van der Waals surface area (Å²) in [5, 5.41) is 0. The molecular weight excluding hydrogens is 204 g/mol. The van der Waals surface area contributed by atoms with E-state index in [0.717, 1.165) is 5.57 Å². The lowest BCUT2D eigenvalue weighted by atomic mass is 9.74. The third kappa shape index (κ3) is 2.71. The van der Waals surface area contributed by atoms with E-state index in [9.17, 15) is 9.59 Å².